The molecule has 0 spiro atoms. The third kappa shape index (κ3) is 12.0. The minimum atomic E-state index is -1.08. The van der Waals surface area contributed by atoms with E-state index >= 15 is 0 Å². The summed E-state index contributed by atoms with van der Waals surface area (Å²) in [6, 6.07) is 4.48. The Morgan fingerprint density at radius 1 is 1.04 bits per heavy atom. The second-order valence-electron chi connectivity index (χ2n) is 12.8. The summed E-state index contributed by atoms with van der Waals surface area (Å²) in [6.07, 6.45) is 5.54. The normalized spacial score (nSPS) is 15.3. The van der Waals surface area contributed by atoms with Gasteiger partial charge in [-0.25, -0.2) is 9.88 Å². The van der Waals surface area contributed by atoms with Gasteiger partial charge in [0, 0.05) is 44.2 Å². The highest BCUT2D eigenvalue weighted by atomic mass is 32.1. The molecule has 248 valence electrons. The predicted molar refractivity (Wildman–Crippen MR) is 177 cm³/mol. The van der Waals surface area contributed by atoms with Crippen molar-refractivity contribution in [2.75, 3.05) is 32.6 Å². The number of ether oxygens (including phenoxy) is 1. The fourth-order valence-electron chi connectivity index (χ4n) is 5.02. The lowest BCUT2D eigenvalue weighted by Gasteiger charge is -2.30. The number of hydrogen-bond acceptors (Lipinski definition) is 10. The lowest BCUT2D eigenvalue weighted by molar-refractivity contribution is -0.241. The fourth-order valence-corrected chi connectivity index (χ4v) is 5.22. The first-order valence-corrected chi connectivity index (χ1v) is 15.8. The SMILES string of the molecule is Cc1ccc(NC(=O)C(=S)N[C@@H](CCCCN(C)C)[C@@H](CCCO)NC(=O)c2cc3c(cn2)CN(C(O)OC(C)(C)C)C3)nc1. The highest BCUT2D eigenvalue weighted by molar-refractivity contribution is 7.82. The molecule has 12 nitrogen and oxygen atoms in total. The number of hydrogen-bond donors (Lipinski definition) is 5. The number of rotatable bonds is 15. The van der Waals surface area contributed by atoms with Crippen LogP contribution >= 0.6 is 12.2 Å². The highest BCUT2D eigenvalue weighted by Crippen LogP contribution is 2.26. The third-order valence-electron chi connectivity index (χ3n) is 7.36. The topological polar surface area (TPSA) is 152 Å². The summed E-state index contributed by atoms with van der Waals surface area (Å²) in [7, 11) is 4.03. The molecule has 3 rings (SSSR count). The number of carbonyl (C=O) groups excluding carboxylic acids is 2. The largest absolute Gasteiger partial charge is 0.396 e. The van der Waals surface area contributed by atoms with Gasteiger partial charge in [-0.2, -0.15) is 0 Å². The molecule has 2 amide bonds. The van der Waals surface area contributed by atoms with Gasteiger partial charge in [0.05, 0.1) is 5.60 Å². The van der Waals surface area contributed by atoms with Crippen LogP contribution in [0.3, 0.4) is 0 Å². The van der Waals surface area contributed by atoms with Crippen molar-refractivity contribution in [1.29, 1.82) is 0 Å². The molecule has 1 aliphatic rings. The number of aliphatic hydroxyl groups excluding tert-OH is 2. The van der Waals surface area contributed by atoms with Gasteiger partial charge in [0.15, 0.2) is 4.99 Å². The quantitative estimate of drug-likeness (QED) is 0.111. The van der Waals surface area contributed by atoms with Gasteiger partial charge in [-0.15, -0.1) is 0 Å². The van der Waals surface area contributed by atoms with Crippen LogP contribution in [0.5, 0.6) is 0 Å². The number of unbranched alkanes of at least 4 members (excludes halogenated alkanes) is 1. The van der Waals surface area contributed by atoms with E-state index in [1.165, 1.54) is 0 Å². The van der Waals surface area contributed by atoms with E-state index in [-0.39, 0.29) is 29.2 Å². The predicted octanol–water partition coefficient (Wildman–Crippen LogP) is 2.72. The molecule has 0 saturated carbocycles. The van der Waals surface area contributed by atoms with Crippen LogP contribution in [0.1, 0.15) is 80.1 Å². The zero-order valence-corrected chi connectivity index (χ0v) is 28.1. The Hall–Kier alpha value is -3.07. The molecule has 5 N–H and O–H groups in total. The average molecular weight is 644 g/mol. The zero-order chi connectivity index (χ0) is 33.1. The number of aryl methyl sites for hydroxylation is 1. The Bertz CT molecular complexity index is 1290. The fraction of sp³-hybridized carbons (Fsp3) is 0.594. The van der Waals surface area contributed by atoms with Crippen molar-refractivity contribution in [2.24, 2.45) is 0 Å². The third-order valence-corrected chi connectivity index (χ3v) is 7.66. The Labute approximate surface area is 272 Å². The second-order valence-corrected chi connectivity index (χ2v) is 13.2. The molecule has 13 heteroatoms. The Morgan fingerprint density at radius 2 is 1.73 bits per heavy atom. The summed E-state index contributed by atoms with van der Waals surface area (Å²) < 4.78 is 5.70. The molecule has 0 saturated heterocycles. The summed E-state index contributed by atoms with van der Waals surface area (Å²) in [6.45, 7) is 9.26. The Morgan fingerprint density at radius 3 is 2.38 bits per heavy atom. The Balaban J connectivity index is 1.74. The average Bonchev–Trinajstić information content (AvgIpc) is 3.41. The van der Waals surface area contributed by atoms with Crippen molar-refractivity contribution in [3.63, 3.8) is 0 Å². The highest BCUT2D eigenvalue weighted by Gasteiger charge is 2.30. The number of aliphatic hydroxyl groups is 2. The number of nitrogens with zero attached hydrogens (tertiary/aromatic N) is 4. The number of pyridine rings is 2. The molecular weight excluding hydrogens is 594 g/mol. The molecule has 1 aliphatic heterocycles. The van der Waals surface area contributed by atoms with Gasteiger partial charge in [0.2, 0.25) is 6.41 Å². The van der Waals surface area contributed by atoms with Gasteiger partial charge in [-0.05, 0) is 103 Å². The molecule has 1 unspecified atom stereocenters. The van der Waals surface area contributed by atoms with Gasteiger partial charge in [-0.1, -0.05) is 24.7 Å². The summed E-state index contributed by atoms with van der Waals surface area (Å²) in [5, 5.41) is 29.2. The number of nitrogens with one attached hydrogen (secondary N) is 3. The maximum absolute atomic E-state index is 13.6. The van der Waals surface area contributed by atoms with Gasteiger partial charge in [-0.3, -0.25) is 14.6 Å². The Kier molecular flexibility index (Phi) is 13.8. The molecule has 3 atom stereocenters. The van der Waals surface area contributed by atoms with E-state index < -0.39 is 24.0 Å². The molecule has 0 aromatic carbocycles. The van der Waals surface area contributed by atoms with Gasteiger partial charge >= 0.3 is 0 Å². The molecule has 0 radical (unpaired) electrons. The molecule has 0 bridgehead atoms. The van der Waals surface area contributed by atoms with Crippen LogP contribution in [0.4, 0.5) is 5.82 Å². The number of carbonyl (C=O) groups is 2. The molecule has 2 aromatic heterocycles. The van der Waals surface area contributed by atoms with Crippen LogP contribution in [0.2, 0.25) is 0 Å². The number of aromatic nitrogens is 2. The van der Waals surface area contributed by atoms with Crippen LogP contribution < -0.4 is 16.0 Å². The standard InChI is InChI=1S/C32H49N7O5S/c1-21-12-13-27(34-17-21)37-29(42)30(45)36-25(10-7-8-14-38(5)6)24(11-9-15-40)35-28(41)26-16-22-19-39(20-23(22)18-33-26)31(43)44-32(2,3)4/h12-13,16-18,24-25,31,40,43H,7-11,14-15,19-20H2,1-6H3,(H,35,41)(H,36,45)(H,34,37,42)/t24-,25+,31?/m1/s1. The maximum Gasteiger partial charge on any atom is 0.284 e. The monoisotopic (exact) mass is 643 g/mol. The first-order chi connectivity index (χ1) is 21.3. The van der Waals surface area contributed by atoms with Crippen LogP contribution in [-0.4, -0.2) is 98.1 Å². The number of anilines is 1. The van der Waals surface area contributed by atoms with Crippen molar-refractivity contribution in [3.8, 4) is 0 Å². The van der Waals surface area contributed by atoms with Gasteiger partial charge in [0.1, 0.15) is 11.5 Å². The molecule has 0 fully saturated rings. The minimum Gasteiger partial charge on any atom is -0.396 e. The molecule has 3 heterocycles. The summed E-state index contributed by atoms with van der Waals surface area (Å²) in [5.74, 6) is -0.472. The van der Waals surface area contributed by atoms with E-state index in [0.29, 0.717) is 38.2 Å². The van der Waals surface area contributed by atoms with Crippen molar-refractivity contribution in [3.05, 3.63) is 53.0 Å². The number of thiocarbonyl (C=S) groups is 1. The molecular formula is C32H49N7O5S. The van der Waals surface area contributed by atoms with E-state index in [1.54, 1.807) is 29.4 Å². The lowest BCUT2D eigenvalue weighted by atomic mass is 9.97. The van der Waals surface area contributed by atoms with E-state index in [4.69, 9.17) is 17.0 Å². The first kappa shape index (κ1) is 36.4. The molecule has 2 aromatic rings. The van der Waals surface area contributed by atoms with Crippen molar-refractivity contribution >= 4 is 34.8 Å². The van der Waals surface area contributed by atoms with Crippen molar-refractivity contribution in [1.82, 2.24) is 30.4 Å². The summed E-state index contributed by atoms with van der Waals surface area (Å²) in [5.41, 5.74) is 2.50. The molecule has 0 aliphatic carbocycles. The number of amides is 2. The van der Waals surface area contributed by atoms with E-state index in [0.717, 1.165) is 36.1 Å². The summed E-state index contributed by atoms with van der Waals surface area (Å²) in [4.78, 5) is 39.0. The van der Waals surface area contributed by atoms with E-state index in [2.05, 4.69) is 30.8 Å². The van der Waals surface area contributed by atoms with Gasteiger partial charge < -0.3 is 35.8 Å². The van der Waals surface area contributed by atoms with Gasteiger partial charge in [0.25, 0.3) is 11.8 Å². The maximum atomic E-state index is 13.6. The van der Waals surface area contributed by atoms with E-state index in [9.17, 15) is 19.8 Å². The minimum absolute atomic E-state index is 0.00925. The van der Waals surface area contributed by atoms with Crippen LogP contribution in [-0.2, 0) is 22.6 Å². The van der Waals surface area contributed by atoms with Crippen molar-refractivity contribution in [2.45, 2.75) is 97.0 Å². The smallest absolute Gasteiger partial charge is 0.284 e. The van der Waals surface area contributed by atoms with Crippen LogP contribution in [0.15, 0.2) is 30.6 Å². The van der Waals surface area contributed by atoms with Crippen molar-refractivity contribution < 1.29 is 24.5 Å². The van der Waals surface area contributed by atoms with Crippen LogP contribution in [0.25, 0.3) is 0 Å². The molecule has 45 heavy (non-hydrogen) atoms. The second kappa shape index (κ2) is 17.0. The van der Waals surface area contributed by atoms with E-state index in [1.807, 2.05) is 47.9 Å². The zero-order valence-electron chi connectivity index (χ0n) is 27.3. The first-order valence-electron chi connectivity index (χ1n) is 15.4. The van der Waals surface area contributed by atoms with Crippen LogP contribution in [0, 0.1) is 6.92 Å². The summed E-state index contributed by atoms with van der Waals surface area (Å²) >= 11 is 5.49. The lowest BCUT2D eigenvalue weighted by Crippen LogP contribution is -2.53. The number of fused-ring (bicyclic) bond motifs is 1.